The first-order valence-electron chi connectivity index (χ1n) is 8.09. The van der Waals surface area contributed by atoms with Crippen molar-refractivity contribution in [3.63, 3.8) is 0 Å². The number of hydrogen-bond acceptors (Lipinski definition) is 6. The number of hydrogen-bond donors (Lipinski definition) is 0. The molecule has 0 amide bonds. The highest BCUT2D eigenvalue weighted by Crippen LogP contribution is 2.25. The van der Waals surface area contributed by atoms with Gasteiger partial charge in [-0.05, 0) is 50.2 Å². The van der Waals surface area contributed by atoms with Crippen LogP contribution in [-0.4, -0.2) is 43.2 Å². The number of rotatable bonds is 5. The maximum atomic E-state index is 11.6. The van der Waals surface area contributed by atoms with Crippen LogP contribution >= 0.6 is 0 Å². The van der Waals surface area contributed by atoms with Gasteiger partial charge in [0.2, 0.25) is 5.89 Å². The minimum Gasteiger partial charge on any atom is -0.497 e. The highest BCUT2D eigenvalue weighted by atomic mass is 16.5. The zero-order valence-corrected chi connectivity index (χ0v) is 14.0. The van der Waals surface area contributed by atoms with E-state index in [-0.39, 0.29) is 11.9 Å². The molecule has 1 aromatic heterocycles. The zero-order chi connectivity index (χ0) is 16.9. The molecule has 0 spiro atoms. The molecule has 0 radical (unpaired) electrons. The predicted molar refractivity (Wildman–Crippen MR) is 88.5 cm³/mol. The molecule has 2 heterocycles. The van der Waals surface area contributed by atoms with Gasteiger partial charge in [-0.15, -0.1) is 0 Å². The number of carbonyl (C=O) groups excluding carboxylic acids is 1. The summed E-state index contributed by atoms with van der Waals surface area (Å²) >= 11 is 0. The van der Waals surface area contributed by atoms with Gasteiger partial charge in [0.15, 0.2) is 5.76 Å². The number of methoxy groups -OCH3 is 2. The summed E-state index contributed by atoms with van der Waals surface area (Å²) in [6, 6.07) is 7.69. The average Bonchev–Trinajstić information content (AvgIpc) is 3.10. The highest BCUT2D eigenvalue weighted by Gasteiger charge is 2.26. The van der Waals surface area contributed by atoms with E-state index in [1.807, 2.05) is 24.3 Å². The first kappa shape index (κ1) is 16.5. The maximum absolute atomic E-state index is 11.6. The molecule has 0 atom stereocenters. The number of piperidine rings is 1. The average molecular weight is 330 g/mol. The van der Waals surface area contributed by atoms with Gasteiger partial charge in [-0.3, -0.25) is 9.69 Å². The minimum atomic E-state index is -0.104. The summed E-state index contributed by atoms with van der Waals surface area (Å²) in [4.78, 5) is 18.2. The van der Waals surface area contributed by atoms with Crippen LogP contribution in [-0.2, 0) is 16.1 Å². The van der Waals surface area contributed by atoms with Gasteiger partial charge in [-0.25, -0.2) is 4.98 Å². The van der Waals surface area contributed by atoms with Gasteiger partial charge in [0.25, 0.3) is 0 Å². The predicted octanol–water partition coefficient (Wildman–Crippen LogP) is 2.74. The summed E-state index contributed by atoms with van der Waals surface area (Å²) in [6.45, 7) is 2.35. The smallest absolute Gasteiger partial charge is 0.308 e. The van der Waals surface area contributed by atoms with E-state index in [1.54, 1.807) is 13.3 Å². The van der Waals surface area contributed by atoms with Crippen molar-refractivity contribution in [2.75, 3.05) is 27.3 Å². The van der Waals surface area contributed by atoms with Crippen LogP contribution in [0.15, 0.2) is 34.9 Å². The third-order valence-electron chi connectivity index (χ3n) is 4.41. The summed E-state index contributed by atoms with van der Waals surface area (Å²) in [5, 5.41) is 0. The van der Waals surface area contributed by atoms with Gasteiger partial charge in [-0.2, -0.15) is 0 Å². The molecule has 3 rings (SSSR count). The molecule has 0 saturated carbocycles. The van der Waals surface area contributed by atoms with Crippen LogP contribution in [0.1, 0.15) is 18.7 Å². The molecular weight excluding hydrogens is 308 g/mol. The topological polar surface area (TPSA) is 64.8 Å². The van der Waals surface area contributed by atoms with E-state index in [1.165, 1.54) is 7.11 Å². The minimum absolute atomic E-state index is 0.0191. The number of likely N-dealkylation sites (tertiary alicyclic amines) is 1. The van der Waals surface area contributed by atoms with Crippen molar-refractivity contribution in [3.05, 3.63) is 36.4 Å². The van der Waals surface area contributed by atoms with Crippen LogP contribution in [0.3, 0.4) is 0 Å². The van der Waals surface area contributed by atoms with E-state index in [9.17, 15) is 4.79 Å². The van der Waals surface area contributed by atoms with Crippen molar-refractivity contribution in [2.45, 2.75) is 19.4 Å². The second kappa shape index (κ2) is 7.49. The van der Waals surface area contributed by atoms with Crippen LogP contribution in [0.25, 0.3) is 11.3 Å². The summed E-state index contributed by atoms with van der Waals surface area (Å²) in [5.74, 6) is 2.17. The maximum Gasteiger partial charge on any atom is 0.308 e. The van der Waals surface area contributed by atoms with E-state index >= 15 is 0 Å². The molecule has 1 fully saturated rings. The number of nitrogens with zero attached hydrogens (tertiary/aromatic N) is 2. The molecule has 1 saturated heterocycles. The molecule has 24 heavy (non-hydrogen) atoms. The van der Waals surface area contributed by atoms with Gasteiger partial charge in [0.1, 0.15) is 5.75 Å². The molecule has 128 valence electrons. The van der Waals surface area contributed by atoms with Gasteiger partial charge in [-0.1, -0.05) is 0 Å². The lowest BCUT2D eigenvalue weighted by molar-refractivity contribution is -0.147. The Bertz CT molecular complexity index is 673. The molecule has 0 bridgehead atoms. The Kier molecular flexibility index (Phi) is 5.15. The fourth-order valence-corrected chi connectivity index (χ4v) is 2.96. The van der Waals surface area contributed by atoms with Crippen LogP contribution < -0.4 is 4.74 Å². The first-order chi connectivity index (χ1) is 11.7. The Hall–Kier alpha value is -2.34. The molecule has 6 nitrogen and oxygen atoms in total. The van der Waals surface area contributed by atoms with Gasteiger partial charge >= 0.3 is 5.97 Å². The Balaban J connectivity index is 1.57. The number of carbonyl (C=O) groups is 1. The van der Waals surface area contributed by atoms with Crippen molar-refractivity contribution < 1.29 is 18.7 Å². The standard InChI is InChI=1S/C18H22N2O4/c1-22-15-5-3-13(4-6-15)16-11-19-17(24-16)12-20-9-7-14(8-10-20)18(21)23-2/h3-6,11,14H,7-10,12H2,1-2H3. The molecule has 0 unspecified atom stereocenters. The number of esters is 1. The van der Waals surface area contributed by atoms with Crippen molar-refractivity contribution in [1.82, 2.24) is 9.88 Å². The van der Waals surface area contributed by atoms with Crippen LogP contribution in [0.4, 0.5) is 0 Å². The summed E-state index contributed by atoms with van der Waals surface area (Å²) in [5.41, 5.74) is 0.971. The molecule has 2 aromatic rings. The van der Waals surface area contributed by atoms with E-state index in [4.69, 9.17) is 13.9 Å². The SMILES string of the molecule is COC(=O)C1CCN(Cc2ncc(-c3ccc(OC)cc3)o2)CC1. The fraction of sp³-hybridized carbons (Fsp3) is 0.444. The van der Waals surface area contributed by atoms with Gasteiger partial charge in [0.05, 0.1) is 32.9 Å². The van der Waals surface area contributed by atoms with Crippen molar-refractivity contribution in [3.8, 4) is 17.1 Å². The molecule has 0 N–H and O–H groups in total. The normalized spacial score (nSPS) is 16.1. The lowest BCUT2D eigenvalue weighted by Crippen LogP contribution is -2.36. The van der Waals surface area contributed by atoms with Crippen molar-refractivity contribution in [2.24, 2.45) is 5.92 Å². The second-order valence-electron chi connectivity index (χ2n) is 5.92. The second-order valence-corrected chi connectivity index (χ2v) is 5.92. The quantitative estimate of drug-likeness (QED) is 0.786. The lowest BCUT2D eigenvalue weighted by Gasteiger charge is -2.29. The molecular formula is C18H22N2O4. The molecule has 1 aromatic carbocycles. The van der Waals surface area contributed by atoms with E-state index < -0.39 is 0 Å². The third kappa shape index (κ3) is 3.76. The number of benzene rings is 1. The van der Waals surface area contributed by atoms with Crippen LogP contribution in [0.5, 0.6) is 5.75 Å². The number of aromatic nitrogens is 1. The molecule has 6 heteroatoms. The molecule has 1 aliphatic heterocycles. The third-order valence-corrected chi connectivity index (χ3v) is 4.41. The zero-order valence-electron chi connectivity index (χ0n) is 14.0. The molecule has 0 aliphatic carbocycles. The first-order valence-corrected chi connectivity index (χ1v) is 8.09. The van der Waals surface area contributed by atoms with E-state index in [0.29, 0.717) is 12.4 Å². The molecule has 1 aliphatic rings. The van der Waals surface area contributed by atoms with Gasteiger partial charge < -0.3 is 13.9 Å². The van der Waals surface area contributed by atoms with Crippen LogP contribution in [0.2, 0.25) is 0 Å². The van der Waals surface area contributed by atoms with Gasteiger partial charge in [0, 0.05) is 5.56 Å². The summed E-state index contributed by atoms with van der Waals surface area (Å²) in [6.07, 6.45) is 3.38. The Morgan fingerprint density at radius 1 is 1.25 bits per heavy atom. The van der Waals surface area contributed by atoms with Crippen molar-refractivity contribution >= 4 is 5.97 Å². The lowest BCUT2D eigenvalue weighted by atomic mass is 9.97. The van der Waals surface area contributed by atoms with Crippen molar-refractivity contribution in [1.29, 1.82) is 0 Å². The monoisotopic (exact) mass is 330 g/mol. The highest BCUT2D eigenvalue weighted by molar-refractivity contribution is 5.72. The largest absolute Gasteiger partial charge is 0.497 e. The fourth-order valence-electron chi connectivity index (χ4n) is 2.96. The van der Waals surface area contributed by atoms with E-state index in [0.717, 1.165) is 43.0 Å². The summed E-state index contributed by atoms with van der Waals surface area (Å²) in [7, 11) is 3.09. The number of oxazole rings is 1. The Morgan fingerprint density at radius 3 is 2.58 bits per heavy atom. The summed E-state index contributed by atoms with van der Waals surface area (Å²) < 4.78 is 15.8. The Morgan fingerprint density at radius 2 is 1.96 bits per heavy atom. The van der Waals surface area contributed by atoms with Crippen LogP contribution in [0, 0.1) is 5.92 Å². The number of ether oxygens (including phenoxy) is 2. The Labute approximate surface area is 141 Å². The van der Waals surface area contributed by atoms with E-state index in [2.05, 4.69) is 9.88 Å².